The van der Waals surface area contributed by atoms with Gasteiger partial charge in [-0.1, -0.05) is 23.7 Å². The third kappa shape index (κ3) is 5.41. The molecule has 1 unspecified atom stereocenters. The molecule has 2 aromatic carbocycles. The van der Waals surface area contributed by atoms with Crippen LogP contribution in [-0.2, 0) is 6.54 Å². The molecule has 35 heavy (non-hydrogen) atoms. The van der Waals surface area contributed by atoms with Gasteiger partial charge in [0, 0.05) is 36.1 Å². The number of aromatic nitrogens is 1. The van der Waals surface area contributed by atoms with Gasteiger partial charge in [0.2, 0.25) is 5.88 Å². The minimum absolute atomic E-state index is 0.0110. The van der Waals surface area contributed by atoms with Gasteiger partial charge in [-0.15, -0.1) is 0 Å². The number of anilines is 1. The number of nitrogens with zero attached hydrogens (tertiary/aromatic N) is 3. The molecule has 1 aromatic heterocycles. The van der Waals surface area contributed by atoms with Crippen molar-refractivity contribution in [3.8, 4) is 11.6 Å². The highest BCUT2D eigenvalue weighted by molar-refractivity contribution is 6.30. The number of imide groups is 1. The number of pyridine rings is 1. The van der Waals surface area contributed by atoms with E-state index in [0.29, 0.717) is 5.02 Å². The van der Waals surface area contributed by atoms with E-state index in [1.807, 2.05) is 0 Å². The molecular formula is C23H19ClFN5O5. The number of hydrogen-bond donors (Lipinski definition) is 3. The van der Waals surface area contributed by atoms with Gasteiger partial charge in [-0.25, -0.2) is 28.7 Å². The highest BCUT2D eigenvalue weighted by Gasteiger charge is 2.36. The lowest BCUT2D eigenvalue weighted by atomic mass is 10.2. The van der Waals surface area contributed by atoms with Crippen molar-refractivity contribution in [3.63, 3.8) is 0 Å². The van der Waals surface area contributed by atoms with Gasteiger partial charge in [0.1, 0.15) is 0 Å². The van der Waals surface area contributed by atoms with Gasteiger partial charge in [-0.2, -0.15) is 0 Å². The van der Waals surface area contributed by atoms with E-state index in [2.05, 4.69) is 15.6 Å². The van der Waals surface area contributed by atoms with Crippen molar-refractivity contribution < 1.29 is 28.6 Å². The lowest BCUT2D eigenvalue weighted by Gasteiger charge is -2.40. The Morgan fingerprint density at radius 1 is 1.20 bits per heavy atom. The van der Waals surface area contributed by atoms with E-state index in [9.17, 15) is 18.8 Å². The average molecular weight is 500 g/mol. The molecule has 1 aliphatic rings. The molecule has 1 atom stereocenters. The number of nitrogens with one attached hydrogen (secondary N) is 2. The van der Waals surface area contributed by atoms with Gasteiger partial charge in [-0.05, 0) is 35.9 Å². The topological polar surface area (TPSA) is 124 Å². The summed E-state index contributed by atoms with van der Waals surface area (Å²) in [6.07, 6.45) is 0.138. The number of carboxylic acid groups (broad SMARTS) is 1. The Balaban J connectivity index is 1.50. The Hall–Kier alpha value is -4.38. The molecule has 3 N–H and O–H groups in total. The van der Waals surface area contributed by atoms with E-state index in [1.54, 1.807) is 24.3 Å². The van der Waals surface area contributed by atoms with E-state index >= 15 is 0 Å². The first-order valence-corrected chi connectivity index (χ1v) is 10.6. The van der Waals surface area contributed by atoms with Crippen molar-refractivity contribution >= 4 is 35.3 Å². The molecule has 4 rings (SSSR count). The summed E-state index contributed by atoms with van der Waals surface area (Å²) < 4.78 is 20.1. The zero-order valence-corrected chi connectivity index (χ0v) is 19.0. The second-order valence-corrected chi connectivity index (χ2v) is 7.97. The molecule has 3 aromatic rings. The van der Waals surface area contributed by atoms with Crippen molar-refractivity contribution in [1.82, 2.24) is 20.1 Å². The Morgan fingerprint density at radius 3 is 2.57 bits per heavy atom. The van der Waals surface area contributed by atoms with Crippen molar-refractivity contribution in [1.29, 1.82) is 0 Å². The second-order valence-electron chi connectivity index (χ2n) is 7.53. The maximum atomic E-state index is 14.7. The molecule has 0 saturated carbocycles. The van der Waals surface area contributed by atoms with Crippen molar-refractivity contribution in [2.24, 2.45) is 0 Å². The fraction of sp³-hybridized carbons (Fsp3) is 0.130. The van der Waals surface area contributed by atoms with Crippen LogP contribution >= 0.6 is 11.6 Å². The maximum absolute atomic E-state index is 14.7. The zero-order valence-electron chi connectivity index (χ0n) is 18.2. The van der Waals surface area contributed by atoms with Crippen LogP contribution in [0, 0.1) is 5.82 Å². The van der Waals surface area contributed by atoms with Gasteiger partial charge in [0.05, 0.1) is 12.1 Å². The van der Waals surface area contributed by atoms with Gasteiger partial charge in [-0.3, -0.25) is 10.2 Å². The van der Waals surface area contributed by atoms with Gasteiger partial charge >= 0.3 is 18.0 Å². The van der Waals surface area contributed by atoms with Gasteiger partial charge in [0.15, 0.2) is 17.9 Å². The van der Waals surface area contributed by atoms with Crippen LogP contribution in [0.2, 0.25) is 5.02 Å². The molecule has 2 heterocycles. The predicted octanol–water partition coefficient (Wildman–Crippen LogP) is 4.34. The van der Waals surface area contributed by atoms with E-state index in [0.717, 1.165) is 22.7 Å². The number of carboxylic acids is 1. The number of amides is 4. The molecule has 12 heteroatoms. The summed E-state index contributed by atoms with van der Waals surface area (Å²) in [5.41, 5.74) is 1.01. The maximum Gasteiger partial charge on any atom is 0.337 e. The molecule has 1 fully saturated rings. The van der Waals surface area contributed by atoms with E-state index < -0.39 is 30.1 Å². The molecule has 0 aliphatic carbocycles. The number of aromatic carboxylic acids is 1. The Morgan fingerprint density at radius 2 is 1.94 bits per heavy atom. The average Bonchev–Trinajstić information content (AvgIpc) is 2.83. The van der Waals surface area contributed by atoms with Crippen LogP contribution in [0.4, 0.5) is 19.7 Å². The fourth-order valence-electron chi connectivity index (χ4n) is 3.25. The quantitative estimate of drug-likeness (QED) is 0.441. The molecular weight excluding hydrogens is 481 g/mol. The molecule has 0 radical (unpaired) electrons. The number of carbonyl (C=O) groups is 3. The second kappa shape index (κ2) is 9.85. The minimum atomic E-state index is -1.14. The first-order chi connectivity index (χ1) is 16.7. The zero-order chi connectivity index (χ0) is 25.1. The van der Waals surface area contributed by atoms with Gasteiger partial charge in [0.25, 0.3) is 0 Å². The Labute approximate surface area is 203 Å². The molecule has 0 spiro atoms. The smallest absolute Gasteiger partial charge is 0.337 e. The van der Waals surface area contributed by atoms with Crippen LogP contribution in [-0.4, -0.2) is 51.3 Å². The molecule has 0 bridgehead atoms. The van der Waals surface area contributed by atoms with Crippen LogP contribution < -0.4 is 15.4 Å². The van der Waals surface area contributed by atoms with Crippen molar-refractivity contribution in [2.45, 2.75) is 12.8 Å². The SMILES string of the molecule is CN1C(=O)NC(Nc2ccc(Oc3ccc(C(=O)O)cn3)c(F)c2)N(Cc2ccc(Cl)cc2)C1=O. The Kier molecular flexibility index (Phi) is 6.69. The van der Waals surface area contributed by atoms with E-state index in [-0.39, 0.29) is 29.4 Å². The standard InChI is InChI=1S/C23H19ClFN5O5/c1-29-22(33)28-21(30(23(29)34)12-13-2-5-15(24)6-3-13)27-16-7-8-18(17(25)10-16)35-19-9-4-14(11-26-19)20(31)32/h2-11,21,27H,12H2,1H3,(H,28,33)(H,31,32). The summed E-state index contributed by atoms with van der Waals surface area (Å²) in [5, 5.41) is 15.1. The highest BCUT2D eigenvalue weighted by Crippen LogP contribution is 2.27. The monoisotopic (exact) mass is 499 g/mol. The first kappa shape index (κ1) is 23.8. The third-order valence-corrected chi connectivity index (χ3v) is 5.36. The number of ether oxygens (including phenoxy) is 1. The summed E-state index contributed by atoms with van der Waals surface area (Å²) in [7, 11) is 1.35. The van der Waals surface area contributed by atoms with Crippen LogP contribution in [0.1, 0.15) is 15.9 Å². The normalized spacial score (nSPS) is 15.6. The largest absolute Gasteiger partial charge is 0.478 e. The van der Waals surface area contributed by atoms with E-state index in [1.165, 1.54) is 36.2 Å². The van der Waals surface area contributed by atoms with Crippen molar-refractivity contribution in [2.75, 3.05) is 12.4 Å². The number of urea groups is 2. The first-order valence-electron chi connectivity index (χ1n) is 10.2. The predicted molar refractivity (Wildman–Crippen MR) is 124 cm³/mol. The summed E-state index contributed by atoms with van der Waals surface area (Å²) >= 11 is 5.93. The Bertz CT molecular complexity index is 1270. The molecule has 1 aliphatic heterocycles. The third-order valence-electron chi connectivity index (χ3n) is 5.11. The number of halogens is 2. The summed E-state index contributed by atoms with van der Waals surface area (Å²) in [6, 6.07) is 12.3. The van der Waals surface area contributed by atoms with Gasteiger partial charge < -0.3 is 15.2 Å². The molecule has 180 valence electrons. The molecule has 10 nitrogen and oxygen atoms in total. The molecule has 1 saturated heterocycles. The number of carbonyl (C=O) groups excluding carboxylic acids is 2. The van der Waals surface area contributed by atoms with Crippen LogP contribution in [0.3, 0.4) is 0 Å². The summed E-state index contributed by atoms with van der Waals surface area (Å²) in [4.78, 5) is 42.1. The number of benzene rings is 2. The van der Waals surface area contributed by atoms with Crippen LogP contribution in [0.15, 0.2) is 60.8 Å². The lowest BCUT2D eigenvalue weighted by Crippen LogP contribution is -2.65. The van der Waals surface area contributed by atoms with Crippen molar-refractivity contribution in [3.05, 3.63) is 82.8 Å². The van der Waals surface area contributed by atoms with E-state index in [4.69, 9.17) is 21.4 Å². The number of hydrogen-bond acceptors (Lipinski definition) is 6. The molecule has 4 amide bonds. The lowest BCUT2D eigenvalue weighted by molar-refractivity contribution is 0.0696. The minimum Gasteiger partial charge on any atom is -0.478 e. The summed E-state index contributed by atoms with van der Waals surface area (Å²) in [6.45, 7) is 0.153. The highest BCUT2D eigenvalue weighted by atomic mass is 35.5. The van der Waals surface area contributed by atoms with Crippen LogP contribution in [0.5, 0.6) is 11.6 Å². The fourth-order valence-corrected chi connectivity index (χ4v) is 3.38. The number of rotatable bonds is 7. The van der Waals surface area contributed by atoms with Crippen LogP contribution in [0.25, 0.3) is 0 Å². The summed E-state index contributed by atoms with van der Waals surface area (Å²) in [5.74, 6) is -2.02.